The molecule has 138 valence electrons. The third-order valence-electron chi connectivity index (χ3n) is 5.22. The summed E-state index contributed by atoms with van der Waals surface area (Å²) in [5.41, 5.74) is 0.609. The number of piperidine rings is 1. The molecular weight excluding hydrogens is 366 g/mol. The molecule has 2 aromatic rings. The Bertz CT molecular complexity index is 870. The number of nitrogens with zero attached hydrogens (tertiary/aromatic N) is 1. The minimum atomic E-state index is -4.39. The highest BCUT2D eigenvalue weighted by Crippen LogP contribution is 2.40. The molecule has 26 heavy (non-hydrogen) atoms. The van der Waals surface area contributed by atoms with E-state index in [1.165, 1.54) is 0 Å². The number of halogens is 4. The number of hydrogen-bond acceptors (Lipinski definition) is 4. The van der Waals surface area contributed by atoms with E-state index in [0.717, 1.165) is 24.2 Å². The molecule has 3 nitrogen and oxygen atoms in total. The lowest BCUT2D eigenvalue weighted by Crippen LogP contribution is -2.52. The van der Waals surface area contributed by atoms with Gasteiger partial charge in [-0.2, -0.15) is 18.4 Å². The molecule has 0 spiro atoms. The topological polar surface area (TPSA) is 47.9 Å². The third kappa shape index (κ3) is 3.14. The maximum absolute atomic E-state index is 14.7. The van der Waals surface area contributed by atoms with Crippen molar-refractivity contribution in [3.05, 3.63) is 28.6 Å². The molecule has 3 heterocycles. The highest BCUT2D eigenvalue weighted by atomic mass is 32.1. The van der Waals surface area contributed by atoms with Crippen LogP contribution in [0.5, 0.6) is 0 Å². The fourth-order valence-corrected chi connectivity index (χ4v) is 5.19. The zero-order valence-electron chi connectivity index (χ0n) is 13.7. The number of rotatable bonds is 3. The Balaban J connectivity index is 1.69. The molecule has 2 bridgehead atoms. The van der Waals surface area contributed by atoms with Crippen molar-refractivity contribution in [2.45, 2.75) is 56.2 Å². The average molecular weight is 383 g/mol. The number of alkyl halides is 4. The number of thiophene rings is 1. The van der Waals surface area contributed by atoms with E-state index in [1.807, 2.05) is 6.07 Å². The maximum Gasteiger partial charge on any atom is 0.393 e. The molecule has 2 fully saturated rings. The van der Waals surface area contributed by atoms with E-state index in [2.05, 4.69) is 10.6 Å². The van der Waals surface area contributed by atoms with Gasteiger partial charge in [-0.3, -0.25) is 0 Å². The molecule has 0 unspecified atom stereocenters. The van der Waals surface area contributed by atoms with Crippen LogP contribution in [0.3, 0.4) is 0 Å². The second-order valence-electron chi connectivity index (χ2n) is 6.97. The largest absolute Gasteiger partial charge is 0.393 e. The summed E-state index contributed by atoms with van der Waals surface area (Å²) < 4.78 is 54.0. The molecule has 0 saturated carbocycles. The molecular formula is C18H17F4N3S. The molecule has 4 atom stereocenters. The van der Waals surface area contributed by atoms with Gasteiger partial charge in [0.05, 0.1) is 22.8 Å². The van der Waals surface area contributed by atoms with Gasteiger partial charge in [-0.15, -0.1) is 11.3 Å². The van der Waals surface area contributed by atoms with Crippen LogP contribution < -0.4 is 10.6 Å². The van der Waals surface area contributed by atoms with E-state index < -0.39 is 18.8 Å². The standard InChI is InChI=1S/C18H17F4N3S/c19-16-12-5-4-9(24-12)6-14(16)25-13-3-1-2-10-11(7-18(20,21)22)15(8-23)26-17(10)13/h1-3,9,12,14,16,24-25H,4-7H2/t9-,12+,14-,16+/m1/s1. The van der Waals surface area contributed by atoms with Crippen LogP contribution in [0.2, 0.25) is 0 Å². The normalized spacial score (nSPS) is 28.3. The van der Waals surface area contributed by atoms with Gasteiger partial charge < -0.3 is 10.6 Å². The molecule has 2 saturated heterocycles. The SMILES string of the molecule is N#Cc1sc2c(N[C@@H]3C[C@H]4CC[C@H](N4)[C@@H]3F)cccc2c1CC(F)(F)F. The predicted octanol–water partition coefficient (Wildman–Crippen LogP) is 4.52. The van der Waals surface area contributed by atoms with Crippen LogP contribution in [-0.2, 0) is 6.42 Å². The Morgan fingerprint density at radius 3 is 2.85 bits per heavy atom. The lowest BCUT2D eigenvalue weighted by molar-refractivity contribution is -0.126. The first-order valence-electron chi connectivity index (χ1n) is 8.53. The maximum atomic E-state index is 14.7. The van der Waals surface area contributed by atoms with Gasteiger partial charge in [0.25, 0.3) is 0 Å². The van der Waals surface area contributed by atoms with Crippen LogP contribution in [0.25, 0.3) is 10.1 Å². The molecule has 1 aromatic heterocycles. The number of fused-ring (bicyclic) bond motifs is 3. The lowest BCUT2D eigenvalue weighted by atomic mass is 9.97. The molecule has 0 aliphatic carbocycles. The Morgan fingerprint density at radius 1 is 1.31 bits per heavy atom. The smallest absolute Gasteiger partial charge is 0.378 e. The van der Waals surface area contributed by atoms with Gasteiger partial charge in [0.1, 0.15) is 17.1 Å². The van der Waals surface area contributed by atoms with E-state index in [4.69, 9.17) is 0 Å². The van der Waals surface area contributed by atoms with Crippen molar-refractivity contribution in [1.29, 1.82) is 5.26 Å². The Hall–Kier alpha value is -1.85. The minimum Gasteiger partial charge on any atom is -0.378 e. The first-order chi connectivity index (χ1) is 12.4. The molecule has 4 rings (SSSR count). The van der Waals surface area contributed by atoms with E-state index in [1.54, 1.807) is 18.2 Å². The van der Waals surface area contributed by atoms with E-state index >= 15 is 0 Å². The monoisotopic (exact) mass is 383 g/mol. The Labute approximate surface area is 152 Å². The van der Waals surface area contributed by atoms with Crippen molar-refractivity contribution in [3.8, 4) is 6.07 Å². The summed E-state index contributed by atoms with van der Waals surface area (Å²) in [5.74, 6) is 0. The summed E-state index contributed by atoms with van der Waals surface area (Å²) in [7, 11) is 0. The molecule has 1 aromatic carbocycles. The van der Waals surface area contributed by atoms with Gasteiger partial charge in [-0.05, 0) is 36.3 Å². The molecule has 2 aliphatic heterocycles. The number of nitrogens with one attached hydrogen (secondary N) is 2. The van der Waals surface area contributed by atoms with E-state index in [0.29, 0.717) is 22.2 Å². The second-order valence-corrected chi connectivity index (χ2v) is 7.99. The van der Waals surface area contributed by atoms with Crippen molar-refractivity contribution in [3.63, 3.8) is 0 Å². The molecule has 0 amide bonds. The van der Waals surface area contributed by atoms with Gasteiger partial charge in [0, 0.05) is 12.1 Å². The number of anilines is 1. The highest BCUT2D eigenvalue weighted by molar-refractivity contribution is 7.20. The number of nitriles is 1. The van der Waals surface area contributed by atoms with Crippen molar-refractivity contribution >= 4 is 27.1 Å². The molecule has 2 N–H and O–H groups in total. The molecule has 0 radical (unpaired) electrons. The fourth-order valence-electron chi connectivity index (χ4n) is 4.09. The zero-order chi connectivity index (χ0) is 18.5. The van der Waals surface area contributed by atoms with Crippen LogP contribution in [0, 0.1) is 11.3 Å². The minimum absolute atomic E-state index is 0.00540. The fraction of sp³-hybridized carbons (Fsp3) is 0.500. The summed E-state index contributed by atoms with van der Waals surface area (Å²) in [6.07, 6.45) is -4.18. The van der Waals surface area contributed by atoms with Crippen LogP contribution in [0.4, 0.5) is 23.2 Å². The summed E-state index contributed by atoms with van der Waals surface area (Å²) in [5, 5.41) is 16.1. The van der Waals surface area contributed by atoms with Crippen molar-refractivity contribution in [2.24, 2.45) is 0 Å². The van der Waals surface area contributed by atoms with Crippen molar-refractivity contribution in [1.82, 2.24) is 5.32 Å². The van der Waals surface area contributed by atoms with Crippen molar-refractivity contribution in [2.75, 3.05) is 5.32 Å². The van der Waals surface area contributed by atoms with Gasteiger partial charge in [-0.1, -0.05) is 12.1 Å². The number of benzene rings is 1. The van der Waals surface area contributed by atoms with E-state index in [-0.39, 0.29) is 28.6 Å². The average Bonchev–Trinajstić information content (AvgIpc) is 3.14. The number of hydrogen-bond donors (Lipinski definition) is 2. The summed E-state index contributed by atoms with van der Waals surface area (Å²) in [6, 6.07) is 6.61. The van der Waals surface area contributed by atoms with Gasteiger partial charge in [0.2, 0.25) is 0 Å². The third-order valence-corrected chi connectivity index (χ3v) is 6.41. The van der Waals surface area contributed by atoms with Crippen LogP contribution in [-0.4, -0.2) is 30.5 Å². The second kappa shape index (κ2) is 6.39. The molecule has 8 heteroatoms. The van der Waals surface area contributed by atoms with Gasteiger partial charge >= 0.3 is 6.18 Å². The summed E-state index contributed by atoms with van der Waals surface area (Å²) in [6.45, 7) is 0. The lowest BCUT2D eigenvalue weighted by Gasteiger charge is -2.34. The first-order valence-corrected chi connectivity index (χ1v) is 9.35. The van der Waals surface area contributed by atoms with Crippen LogP contribution in [0.1, 0.15) is 29.7 Å². The predicted molar refractivity (Wildman–Crippen MR) is 93.2 cm³/mol. The van der Waals surface area contributed by atoms with Gasteiger partial charge in [-0.25, -0.2) is 4.39 Å². The Morgan fingerprint density at radius 2 is 2.12 bits per heavy atom. The Kier molecular flexibility index (Phi) is 4.32. The summed E-state index contributed by atoms with van der Waals surface area (Å²) >= 11 is 1.04. The van der Waals surface area contributed by atoms with Crippen LogP contribution >= 0.6 is 11.3 Å². The zero-order valence-corrected chi connectivity index (χ0v) is 14.6. The summed E-state index contributed by atoms with van der Waals surface area (Å²) in [4.78, 5) is 0.0637. The molecule has 2 aliphatic rings. The highest BCUT2D eigenvalue weighted by Gasteiger charge is 2.42. The van der Waals surface area contributed by atoms with Gasteiger partial charge in [0.15, 0.2) is 0 Å². The van der Waals surface area contributed by atoms with E-state index in [9.17, 15) is 22.8 Å². The van der Waals surface area contributed by atoms with Crippen molar-refractivity contribution < 1.29 is 17.6 Å². The first kappa shape index (κ1) is 17.6. The van der Waals surface area contributed by atoms with Crippen LogP contribution in [0.15, 0.2) is 18.2 Å². The quantitative estimate of drug-likeness (QED) is 0.766.